The van der Waals surface area contributed by atoms with Crippen molar-refractivity contribution in [2.75, 3.05) is 0 Å². The molecule has 0 atom stereocenters. The predicted molar refractivity (Wildman–Crippen MR) is 122 cm³/mol. The van der Waals surface area contributed by atoms with E-state index in [0.29, 0.717) is 0 Å². The maximum atomic E-state index is 5.94. The third-order valence-corrected chi connectivity index (χ3v) is 4.64. The molecule has 2 heterocycles. The smallest absolute Gasteiger partial charge is 0.137 e. The summed E-state index contributed by atoms with van der Waals surface area (Å²) in [5.74, 6) is 1.75. The largest absolute Gasteiger partial charge is 0.491 e. The van der Waals surface area contributed by atoms with Gasteiger partial charge < -0.3 is 9.47 Å². The van der Waals surface area contributed by atoms with E-state index in [2.05, 4.69) is 72.8 Å². The van der Waals surface area contributed by atoms with E-state index < -0.39 is 0 Å². The molecule has 0 bridgehead atoms. The van der Waals surface area contributed by atoms with Gasteiger partial charge in [-0.05, 0) is 94.3 Å². The molecule has 0 saturated carbocycles. The molecule has 4 aromatic rings. The minimum absolute atomic E-state index is 0.167. The average molecular weight is 401 g/mol. The van der Waals surface area contributed by atoms with Gasteiger partial charge >= 0.3 is 0 Å². The van der Waals surface area contributed by atoms with Crippen LogP contribution in [0.15, 0.2) is 73.1 Å². The molecule has 4 rings (SSSR count). The van der Waals surface area contributed by atoms with Crippen molar-refractivity contribution in [3.8, 4) is 33.9 Å². The molecular formula is C26H28N2O2. The number of nitrogens with zero attached hydrogens (tertiary/aromatic N) is 2. The Balaban J connectivity index is 1.65. The molecule has 0 spiro atoms. The van der Waals surface area contributed by atoms with Gasteiger partial charge in [0, 0.05) is 11.8 Å². The fourth-order valence-corrected chi connectivity index (χ4v) is 3.41. The van der Waals surface area contributed by atoms with Crippen LogP contribution in [0.2, 0.25) is 0 Å². The summed E-state index contributed by atoms with van der Waals surface area (Å²) in [5, 5.41) is 0. The van der Waals surface area contributed by atoms with Gasteiger partial charge in [0.25, 0.3) is 0 Å². The van der Waals surface area contributed by atoms with Gasteiger partial charge in [0.05, 0.1) is 18.0 Å². The van der Waals surface area contributed by atoms with Gasteiger partial charge in [-0.2, -0.15) is 0 Å². The number of pyridine rings is 1. The predicted octanol–water partition coefficient (Wildman–Crippen LogP) is 6.63. The first-order chi connectivity index (χ1) is 14.3. The minimum Gasteiger partial charge on any atom is -0.491 e. The summed E-state index contributed by atoms with van der Waals surface area (Å²) in [6, 6.07) is 20.5. The van der Waals surface area contributed by atoms with Crippen LogP contribution in [0.4, 0.5) is 0 Å². The van der Waals surface area contributed by atoms with Crippen LogP contribution in [0.25, 0.3) is 28.0 Å². The molecule has 0 N–H and O–H groups in total. The molecule has 0 radical (unpaired) electrons. The monoisotopic (exact) mass is 400 g/mol. The van der Waals surface area contributed by atoms with Crippen LogP contribution in [-0.2, 0) is 0 Å². The minimum atomic E-state index is -0.213. The first-order valence-corrected chi connectivity index (χ1v) is 10.3. The molecule has 0 aliphatic carbocycles. The summed E-state index contributed by atoms with van der Waals surface area (Å²) >= 11 is 0. The number of imidazole rings is 1. The van der Waals surface area contributed by atoms with Crippen molar-refractivity contribution in [3.05, 3.63) is 73.1 Å². The van der Waals surface area contributed by atoms with E-state index in [1.807, 2.05) is 44.3 Å². The Hall–Kier alpha value is -3.27. The van der Waals surface area contributed by atoms with Crippen molar-refractivity contribution in [2.24, 2.45) is 0 Å². The normalized spacial score (nSPS) is 11.8. The molecule has 0 unspecified atom stereocenters. The van der Waals surface area contributed by atoms with Gasteiger partial charge in [-0.25, -0.2) is 4.98 Å². The number of rotatable bonds is 5. The van der Waals surface area contributed by atoms with Crippen LogP contribution >= 0.6 is 0 Å². The van der Waals surface area contributed by atoms with Crippen LogP contribution in [0, 0.1) is 0 Å². The summed E-state index contributed by atoms with van der Waals surface area (Å²) in [7, 11) is 0. The summed E-state index contributed by atoms with van der Waals surface area (Å²) in [4.78, 5) is 4.57. The zero-order valence-corrected chi connectivity index (χ0v) is 18.2. The van der Waals surface area contributed by atoms with Crippen molar-refractivity contribution in [3.63, 3.8) is 0 Å². The van der Waals surface area contributed by atoms with Crippen LogP contribution in [-0.4, -0.2) is 21.1 Å². The number of ether oxygens (including phenoxy) is 2. The van der Waals surface area contributed by atoms with Crippen molar-refractivity contribution < 1.29 is 9.47 Å². The highest BCUT2D eigenvalue weighted by Crippen LogP contribution is 2.28. The summed E-state index contributed by atoms with van der Waals surface area (Å²) in [6.45, 7) is 10.2. The summed E-state index contributed by atoms with van der Waals surface area (Å²) in [5.41, 5.74) is 5.13. The topological polar surface area (TPSA) is 35.8 Å². The molecule has 154 valence electrons. The van der Waals surface area contributed by atoms with Gasteiger partial charge in [-0.15, -0.1) is 0 Å². The molecule has 4 heteroatoms. The molecule has 0 saturated heterocycles. The van der Waals surface area contributed by atoms with Gasteiger partial charge in [-0.1, -0.05) is 12.1 Å². The Morgan fingerprint density at radius 1 is 0.767 bits per heavy atom. The molecule has 30 heavy (non-hydrogen) atoms. The van der Waals surface area contributed by atoms with Crippen molar-refractivity contribution in [1.82, 2.24) is 9.38 Å². The Morgan fingerprint density at radius 3 is 2.00 bits per heavy atom. The number of hydrogen-bond acceptors (Lipinski definition) is 3. The second-order valence-corrected chi connectivity index (χ2v) is 8.72. The number of benzene rings is 2. The highest BCUT2D eigenvalue weighted by Gasteiger charge is 2.13. The Kier molecular flexibility index (Phi) is 5.25. The van der Waals surface area contributed by atoms with E-state index in [0.717, 1.165) is 39.5 Å². The molecule has 2 aromatic heterocycles. The van der Waals surface area contributed by atoms with Crippen LogP contribution < -0.4 is 9.47 Å². The third-order valence-electron chi connectivity index (χ3n) is 4.64. The standard InChI is InChI=1S/C26H28N2O2/c1-18(2)29-22-11-6-19(7-12-22)21-10-15-25-27-16-24(28(25)17-21)20-8-13-23(14-9-20)30-26(3,4)5/h6-18H,1-5H3. The van der Waals surface area contributed by atoms with Crippen LogP contribution in [0.3, 0.4) is 0 Å². The SMILES string of the molecule is CC(C)Oc1ccc(-c2ccc3ncc(-c4ccc(OC(C)(C)C)cc4)n3c2)cc1. The molecule has 0 aliphatic rings. The Bertz CT molecular complexity index is 1130. The van der Waals surface area contributed by atoms with E-state index >= 15 is 0 Å². The van der Waals surface area contributed by atoms with E-state index in [1.54, 1.807) is 0 Å². The first-order valence-electron chi connectivity index (χ1n) is 10.3. The molecule has 0 aliphatic heterocycles. The first kappa shape index (κ1) is 20.0. The zero-order chi connectivity index (χ0) is 21.3. The Morgan fingerprint density at radius 2 is 1.37 bits per heavy atom. The summed E-state index contributed by atoms with van der Waals surface area (Å²) < 4.78 is 13.8. The van der Waals surface area contributed by atoms with Crippen molar-refractivity contribution in [2.45, 2.75) is 46.3 Å². The van der Waals surface area contributed by atoms with Gasteiger partial charge in [0.1, 0.15) is 22.7 Å². The van der Waals surface area contributed by atoms with Crippen LogP contribution in [0.1, 0.15) is 34.6 Å². The number of aromatic nitrogens is 2. The quantitative estimate of drug-likeness (QED) is 0.377. The second-order valence-electron chi connectivity index (χ2n) is 8.72. The molecular weight excluding hydrogens is 372 g/mol. The maximum Gasteiger partial charge on any atom is 0.137 e. The number of hydrogen-bond donors (Lipinski definition) is 0. The van der Waals surface area contributed by atoms with Crippen molar-refractivity contribution in [1.29, 1.82) is 0 Å². The van der Waals surface area contributed by atoms with Gasteiger partial charge in [-0.3, -0.25) is 4.40 Å². The lowest BCUT2D eigenvalue weighted by Gasteiger charge is -2.21. The fraction of sp³-hybridized carbons (Fsp3) is 0.269. The van der Waals surface area contributed by atoms with Crippen molar-refractivity contribution >= 4 is 5.65 Å². The lowest BCUT2D eigenvalue weighted by molar-refractivity contribution is 0.131. The van der Waals surface area contributed by atoms with Gasteiger partial charge in [0.2, 0.25) is 0 Å². The van der Waals surface area contributed by atoms with E-state index in [4.69, 9.17) is 9.47 Å². The molecule has 0 fully saturated rings. The second kappa shape index (κ2) is 7.86. The third kappa shape index (κ3) is 4.48. The van der Waals surface area contributed by atoms with E-state index in [9.17, 15) is 0 Å². The maximum absolute atomic E-state index is 5.94. The zero-order valence-electron chi connectivity index (χ0n) is 18.2. The van der Waals surface area contributed by atoms with Gasteiger partial charge in [0.15, 0.2) is 0 Å². The lowest BCUT2D eigenvalue weighted by Crippen LogP contribution is -2.22. The number of fused-ring (bicyclic) bond motifs is 1. The Labute approximate surface area is 178 Å². The van der Waals surface area contributed by atoms with E-state index in [-0.39, 0.29) is 11.7 Å². The lowest BCUT2D eigenvalue weighted by atomic mass is 10.1. The highest BCUT2D eigenvalue weighted by atomic mass is 16.5. The van der Waals surface area contributed by atoms with E-state index in [1.165, 1.54) is 0 Å². The fourth-order valence-electron chi connectivity index (χ4n) is 3.41. The molecule has 2 aromatic carbocycles. The summed E-state index contributed by atoms with van der Waals surface area (Å²) in [6.07, 6.45) is 4.22. The molecule has 0 amide bonds. The molecule has 4 nitrogen and oxygen atoms in total. The average Bonchev–Trinajstić information content (AvgIpc) is 3.11. The highest BCUT2D eigenvalue weighted by molar-refractivity contribution is 5.69. The van der Waals surface area contributed by atoms with Crippen LogP contribution in [0.5, 0.6) is 11.5 Å².